The van der Waals surface area contributed by atoms with Crippen LogP contribution >= 0.6 is 11.6 Å². The van der Waals surface area contributed by atoms with E-state index < -0.39 is 12.0 Å². The molecule has 0 radical (unpaired) electrons. The fourth-order valence-corrected chi connectivity index (χ4v) is 2.80. The van der Waals surface area contributed by atoms with Crippen LogP contribution in [0.5, 0.6) is 0 Å². The Kier molecular flexibility index (Phi) is 4.09. The number of carbonyl (C=O) groups excluding carboxylic acids is 1. The van der Waals surface area contributed by atoms with Crippen LogP contribution in [-0.4, -0.2) is 15.8 Å². The van der Waals surface area contributed by atoms with Crippen LogP contribution in [0.1, 0.15) is 23.6 Å². The molecule has 1 aromatic heterocycles. The largest absolute Gasteiger partial charge is 0.341 e. The Hall–Kier alpha value is -2.34. The molecule has 24 heavy (non-hydrogen) atoms. The van der Waals surface area contributed by atoms with Gasteiger partial charge in [0, 0.05) is 19.0 Å². The van der Waals surface area contributed by atoms with Crippen LogP contribution in [0.2, 0.25) is 5.02 Å². The summed E-state index contributed by atoms with van der Waals surface area (Å²) in [6, 6.07) is 9.79. The number of nitrogens with one attached hydrogen (secondary N) is 2. The summed E-state index contributed by atoms with van der Waals surface area (Å²) in [5.41, 5.74) is 2.68. The van der Waals surface area contributed by atoms with Crippen LogP contribution in [0.15, 0.2) is 36.4 Å². The minimum Gasteiger partial charge on any atom is -0.332 e. The first-order chi connectivity index (χ1) is 11.3. The highest BCUT2D eigenvalue weighted by Crippen LogP contribution is 2.34. The summed E-state index contributed by atoms with van der Waals surface area (Å²) < 4.78 is 28.0. The molecule has 2 N–H and O–H groups in total. The van der Waals surface area contributed by atoms with Crippen LogP contribution in [0, 0.1) is 6.92 Å². The molecule has 0 atom stereocenters. The molecule has 126 valence electrons. The van der Waals surface area contributed by atoms with E-state index in [4.69, 9.17) is 11.6 Å². The van der Waals surface area contributed by atoms with Gasteiger partial charge in [0.25, 0.3) is 5.92 Å². The van der Waals surface area contributed by atoms with E-state index in [0.29, 0.717) is 17.6 Å². The third-order valence-electron chi connectivity index (χ3n) is 3.92. The van der Waals surface area contributed by atoms with Crippen molar-refractivity contribution in [3.8, 4) is 0 Å². The van der Waals surface area contributed by atoms with Crippen molar-refractivity contribution in [2.24, 2.45) is 0 Å². The number of carbonyl (C=O) groups is 1. The Morgan fingerprint density at radius 2 is 2.04 bits per heavy atom. The fraction of sp³-hybridized carbons (Fsp3) is 0.235. The molecule has 0 bridgehead atoms. The number of alkyl halides is 2. The van der Waals surface area contributed by atoms with Gasteiger partial charge in [0.2, 0.25) is 0 Å². The molecule has 2 aromatic carbocycles. The second kappa shape index (κ2) is 5.94. The number of halogens is 3. The van der Waals surface area contributed by atoms with Crippen LogP contribution < -0.4 is 5.32 Å². The fourth-order valence-electron chi connectivity index (χ4n) is 2.50. The number of rotatable bonds is 3. The number of aromatic nitrogens is 2. The summed E-state index contributed by atoms with van der Waals surface area (Å²) in [5, 5.41) is 5.61. The molecule has 0 saturated heterocycles. The van der Waals surface area contributed by atoms with Crippen molar-refractivity contribution in [2.45, 2.75) is 26.3 Å². The number of aromatic amines is 1. The van der Waals surface area contributed by atoms with Gasteiger partial charge < -0.3 is 5.32 Å². The first-order valence-corrected chi connectivity index (χ1v) is 7.76. The maximum Gasteiger partial charge on any atom is 0.341 e. The van der Waals surface area contributed by atoms with Gasteiger partial charge in [-0.1, -0.05) is 35.9 Å². The predicted octanol–water partition coefficient (Wildman–Crippen LogP) is 4.80. The molecule has 0 saturated carbocycles. The van der Waals surface area contributed by atoms with E-state index in [9.17, 15) is 13.6 Å². The highest BCUT2D eigenvalue weighted by molar-refractivity contribution is 6.35. The average Bonchev–Trinajstić information content (AvgIpc) is 2.46. The van der Waals surface area contributed by atoms with E-state index in [1.165, 1.54) is 16.8 Å². The molecule has 0 aliphatic carbocycles. The second-order valence-electron chi connectivity index (χ2n) is 5.78. The molecule has 0 aliphatic heterocycles. The van der Waals surface area contributed by atoms with Gasteiger partial charge in [-0.3, -0.25) is 5.10 Å². The van der Waals surface area contributed by atoms with Crippen molar-refractivity contribution < 1.29 is 13.6 Å². The number of H-pyrrole nitrogens is 1. The number of benzene rings is 2. The minimum absolute atomic E-state index is 0.105. The second-order valence-corrected chi connectivity index (χ2v) is 6.18. The van der Waals surface area contributed by atoms with Gasteiger partial charge in [0.1, 0.15) is 5.52 Å². The van der Waals surface area contributed by atoms with Gasteiger partial charge >= 0.3 is 6.03 Å². The molecule has 3 rings (SSSR count). The quantitative estimate of drug-likeness (QED) is 0.699. The number of hydrogen-bond acceptors (Lipinski definition) is 1. The van der Waals surface area contributed by atoms with Gasteiger partial charge in [-0.2, -0.15) is 0 Å². The molecule has 0 unspecified atom stereocenters. The van der Waals surface area contributed by atoms with Gasteiger partial charge in [-0.05, 0) is 30.2 Å². The number of hydrogen-bond donors (Lipinski definition) is 2. The predicted molar refractivity (Wildman–Crippen MR) is 89.7 cm³/mol. The van der Waals surface area contributed by atoms with E-state index in [0.717, 1.165) is 18.1 Å². The highest BCUT2D eigenvalue weighted by atomic mass is 35.5. The van der Waals surface area contributed by atoms with Gasteiger partial charge in [0.05, 0.1) is 10.5 Å². The maximum absolute atomic E-state index is 13.4. The Morgan fingerprint density at radius 1 is 1.33 bits per heavy atom. The smallest absolute Gasteiger partial charge is 0.332 e. The summed E-state index contributed by atoms with van der Waals surface area (Å²) in [6.07, 6.45) is 0. The summed E-state index contributed by atoms with van der Waals surface area (Å²) >= 11 is 6.06. The SMILES string of the molecule is Cc1ccccc1CNC(=O)n1[nH]c2cc(C(C)(F)F)cc(Cl)c21. The molecule has 7 heteroatoms. The van der Waals surface area contributed by atoms with Crippen molar-refractivity contribution in [2.75, 3.05) is 0 Å². The zero-order valence-corrected chi connectivity index (χ0v) is 13.9. The third kappa shape index (κ3) is 3.01. The lowest BCUT2D eigenvalue weighted by atomic mass is 10.1. The number of fused-ring (bicyclic) bond motifs is 1. The molecule has 0 fully saturated rings. The van der Waals surface area contributed by atoms with Crippen molar-refractivity contribution in [3.05, 3.63) is 58.1 Å². The van der Waals surface area contributed by atoms with E-state index in [1.807, 2.05) is 31.2 Å². The van der Waals surface area contributed by atoms with Gasteiger partial charge in [-0.25, -0.2) is 18.3 Å². The van der Waals surface area contributed by atoms with Crippen molar-refractivity contribution >= 4 is 28.7 Å². The van der Waals surface area contributed by atoms with Crippen molar-refractivity contribution in [1.29, 1.82) is 0 Å². The van der Waals surface area contributed by atoms with E-state index >= 15 is 0 Å². The topological polar surface area (TPSA) is 49.8 Å². The standard InChI is InChI=1S/C17H16ClF2N3O/c1-10-5-3-4-6-11(10)9-21-16(24)23-15-13(18)7-12(17(2,19)20)8-14(15)22-23/h3-8,22H,9H2,1-2H3,(H,21,24). The van der Waals surface area contributed by atoms with Crippen LogP contribution in [0.25, 0.3) is 11.0 Å². The Morgan fingerprint density at radius 3 is 2.67 bits per heavy atom. The normalized spacial score (nSPS) is 11.9. The first-order valence-electron chi connectivity index (χ1n) is 7.38. The number of aryl methyl sites for hydroxylation is 1. The van der Waals surface area contributed by atoms with E-state index in [1.54, 1.807) is 0 Å². The molecule has 0 aliphatic rings. The lowest BCUT2D eigenvalue weighted by Gasteiger charge is -2.20. The van der Waals surface area contributed by atoms with Crippen molar-refractivity contribution in [1.82, 2.24) is 15.1 Å². The molecule has 1 heterocycles. The summed E-state index contributed by atoms with van der Waals surface area (Å²) in [7, 11) is 0. The van der Waals surface area contributed by atoms with Crippen molar-refractivity contribution in [3.63, 3.8) is 0 Å². The number of amides is 1. The monoisotopic (exact) mass is 351 g/mol. The highest BCUT2D eigenvalue weighted by Gasteiger charge is 2.27. The van der Waals surface area contributed by atoms with E-state index in [-0.39, 0.29) is 10.6 Å². The number of nitrogens with zero attached hydrogens (tertiary/aromatic N) is 1. The zero-order chi connectivity index (χ0) is 17.5. The molecule has 4 nitrogen and oxygen atoms in total. The molecule has 1 amide bonds. The summed E-state index contributed by atoms with van der Waals surface area (Å²) in [5.74, 6) is -2.99. The van der Waals surface area contributed by atoms with Gasteiger partial charge in [0.15, 0.2) is 0 Å². The first kappa shape index (κ1) is 16.5. The maximum atomic E-state index is 13.4. The lowest BCUT2D eigenvalue weighted by molar-refractivity contribution is 0.0176. The Balaban J connectivity index is 1.80. The molecular formula is C17H16ClF2N3O. The zero-order valence-electron chi connectivity index (χ0n) is 13.2. The lowest BCUT2D eigenvalue weighted by Crippen LogP contribution is -2.32. The average molecular weight is 352 g/mol. The minimum atomic E-state index is -2.99. The van der Waals surface area contributed by atoms with Crippen LogP contribution in [0.3, 0.4) is 0 Å². The molecular weight excluding hydrogens is 336 g/mol. The van der Waals surface area contributed by atoms with Crippen LogP contribution in [-0.2, 0) is 12.5 Å². The summed E-state index contributed by atoms with van der Waals surface area (Å²) in [4.78, 5) is 12.3. The Labute approximate surface area is 142 Å². The molecule has 0 spiro atoms. The molecule has 3 aromatic rings. The summed E-state index contributed by atoms with van der Waals surface area (Å²) in [6.45, 7) is 3.13. The third-order valence-corrected chi connectivity index (χ3v) is 4.21. The van der Waals surface area contributed by atoms with Gasteiger partial charge in [-0.15, -0.1) is 0 Å². The van der Waals surface area contributed by atoms with E-state index in [2.05, 4.69) is 10.4 Å². The van der Waals surface area contributed by atoms with Crippen LogP contribution in [0.4, 0.5) is 13.6 Å². The Bertz CT molecular complexity index is 908.